The van der Waals surface area contributed by atoms with E-state index in [1.165, 1.54) is 20.8 Å². The van der Waals surface area contributed by atoms with Gasteiger partial charge in [0.15, 0.2) is 0 Å². The number of hydrogen-bond donors (Lipinski definition) is 6. The standard InChI is InChI=1S/C14H27N5O5/c1-8(21)17-10(7-20)11(22)18-9(5-4-6-15)12(23)19-14(2,3)13(16)24/h9-10,20H,4-7,15H2,1-3H3,(H2,16,24)(H,17,21)(H,18,22)(H,19,23)/t9-,10-/m0/s1. The quantitative estimate of drug-likeness (QED) is 0.247. The maximum absolute atomic E-state index is 12.3. The fourth-order valence-corrected chi connectivity index (χ4v) is 1.76. The molecule has 10 heteroatoms. The second kappa shape index (κ2) is 9.83. The summed E-state index contributed by atoms with van der Waals surface area (Å²) in [6.45, 7) is 3.74. The molecular formula is C14H27N5O5. The number of aliphatic hydroxyl groups is 1. The molecular weight excluding hydrogens is 318 g/mol. The van der Waals surface area contributed by atoms with Crippen LogP contribution in [0.25, 0.3) is 0 Å². The Hall–Kier alpha value is -2.20. The molecule has 4 amide bonds. The average molecular weight is 345 g/mol. The smallest absolute Gasteiger partial charge is 0.245 e. The SMILES string of the molecule is CC(=O)N[C@@H](CO)C(=O)N[C@@H](CCCN)C(=O)NC(C)(C)C(N)=O. The average Bonchev–Trinajstić information content (AvgIpc) is 2.47. The fourth-order valence-electron chi connectivity index (χ4n) is 1.76. The fraction of sp³-hybridized carbons (Fsp3) is 0.714. The van der Waals surface area contributed by atoms with Crippen LogP contribution >= 0.6 is 0 Å². The zero-order chi connectivity index (χ0) is 18.9. The molecule has 0 aromatic carbocycles. The van der Waals surface area contributed by atoms with Gasteiger partial charge in [-0.1, -0.05) is 0 Å². The first-order valence-electron chi connectivity index (χ1n) is 7.55. The minimum atomic E-state index is -1.29. The molecule has 0 saturated carbocycles. The van der Waals surface area contributed by atoms with Crippen molar-refractivity contribution in [2.75, 3.05) is 13.2 Å². The molecule has 10 nitrogen and oxygen atoms in total. The molecule has 0 heterocycles. The van der Waals surface area contributed by atoms with Crippen molar-refractivity contribution in [1.82, 2.24) is 16.0 Å². The number of amides is 4. The van der Waals surface area contributed by atoms with Crippen LogP contribution in [0.5, 0.6) is 0 Å². The van der Waals surface area contributed by atoms with Crippen LogP contribution in [0.15, 0.2) is 0 Å². The molecule has 0 fully saturated rings. The van der Waals surface area contributed by atoms with Crippen LogP contribution in [0.3, 0.4) is 0 Å². The Labute approximate surface area is 140 Å². The molecule has 0 unspecified atom stereocenters. The second-order valence-corrected chi connectivity index (χ2v) is 5.91. The van der Waals surface area contributed by atoms with E-state index in [-0.39, 0.29) is 6.42 Å². The molecule has 2 atom stereocenters. The van der Waals surface area contributed by atoms with Gasteiger partial charge in [0.25, 0.3) is 0 Å². The van der Waals surface area contributed by atoms with Gasteiger partial charge in [0.2, 0.25) is 23.6 Å². The number of nitrogens with one attached hydrogen (secondary N) is 3. The predicted octanol–water partition coefficient (Wildman–Crippen LogP) is -2.91. The van der Waals surface area contributed by atoms with Gasteiger partial charge >= 0.3 is 0 Å². The first-order valence-corrected chi connectivity index (χ1v) is 7.55. The van der Waals surface area contributed by atoms with E-state index in [0.717, 1.165) is 0 Å². The first-order chi connectivity index (χ1) is 11.0. The Bertz CT molecular complexity index is 480. The van der Waals surface area contributed by atoms with Crippen molar-refractivity contribution in [2.24, 2.45) is 11.5 Å². The lowest BCUT2D eigenvalue weighted by Gasteiger charge is -2.27. The van der Waals surface area contributed by atoms with Crippen molar-refractivity contribution < 1.29 is 24.3 Å². The van der Waals surface area contributed by atoms with E-state index in [0.29, 0.717) is 13.0 Å². The summed E-state index contributed by atoms with van der Waals surface area (Å²) in [6, 6.07) is -2.16. The van der Waals surface area contributed by atoms with Gasteiger partial charge in [-0.3, -0.25) is 19.2 Å². The summed E-state index contributed by atoms with van der Waals surface area (Å²) in [4.78, 5) is 46.7. The molecule has 0 aliphatic rings. The summed E-state index contributed by atoms with van der Waals surface area (Å²) < 4.78 is 0. The van der Waals surface area contributed by atoms with Crippen LogP contribution in [0.2, 0.25) is 0 Å². The van der Waals surface area contributed by atoms with E-state index in [1.54, 1.807) is 0 Å². The molecule has 0 rings (SSSR count). The van der Waals surface area contributed by atoms with E-state index in [1.807, 2.05) is 0 Å². The summed E-state index contributed by atoms with van der Waals surface area (Å²) in [7, 11) is 0. The van der Waals surface area contributed by atoms with Crippen molar-refractivity contribution in [3.8, 4) is 0 Å². The minimum absolute atomic E-state index is 0.223. The van der Waals surface area contributed by atoms with E-state index < -0.39 is 47.9 Å². The van der Waals surface area contributed by atoms with E-state index in [2.05, 4.69) is 16.0 Å². The third-order valence-corrected chi connectivity index (χ3v) is 3.26. The monoisotopic (exact) mass is 345 g/mol. The predicted molar refractivity (Wildman–Crippen MR) is 86.3 cm³/mol. The highest BCUT2D eigenvalue weighted by molar-refractivity contribution is 5.95. The van der Waals surface area contributed by atoms with E-state index in [4.69, 9.17) is 11.5 Å². The highest BCUT2D eigenvalue weighted by atomic mass is 16.3. The zero-order valence-electron chi connectivity index (χ0n) is 14.2. The van der Waals surface area contributed by atoms with Crippen molar-refractivity contribution in [1.29, 1.82) is 0 Å². The topological polar surface area (TPSA) is 177 Å². The molecule has 0 aliphatic carbocycles. The molecule has 138 valence electrons. The number of carbonyl (C=O) groups excluding carboxylic acids is 4. The lowest BCUT2D eigenvalue weighted by molar-refractivity contribution is -0.135. The van der Waals surface area contributed by atoms with Crippen LogP contribution in [0.4, 0.5) is 0 Å². The lowest BCUT2D eigenvalue weighted by Crippen LogP contribution is -2.60. The van der Waals surface area contributed by atoms with Gasteiger partial charge in [-0.2, -0.15) is 0 Å². The molecule has 0 bridgehead atoms. The number of carbonyl (C=O) groups is 4. The van der Waals surface area contributed by atoms with Crippen molar-refractivity contribution in [3.05, 3.63) is 0 Å². The largest absolute Gasteiger partial charge is 0.394 e. The van der Waals surface area contributed by atoms with E-state index in [9.17, 15) is 24.3 Å². The highest BCUT2D eigenvalue weighted by Crippen LogP contribution is 2.04. The van der Waals surface area contributed by atoms with Gasteiger partial charge < -0.3 is 32.5 Å². The number of hydrogen-bond acceptors (Lipinski definition) is 6. The first kappa shape index (κ1) is 21.8. The second-order valence-electron chi connectivity index (χ2n) is 5.91. The molecule has 0 aromatic heterocycles. The summed E-state index contributed by atoms with van der Waals surface area (Å²) in [5.74, 6) is -2.56. The van der Waals surface area contributed by atoms with Crippen LogP contribution in [-0.2, 0) is 19.2 Å². The number of aliphatic hydroxyl groups excluding tert-OH is 1. The van der Waals surface area contributed by atoms with Crippen molar-refractivity contribution in [2.45, 2.75) is 51.2 Å². The molecule has 0 aromatic rings. The maximum atomic E-state index is 12.3. The zero-order valence-corrected chi connectivity index (χ0v) is 14.2. The number of rotatable bonds is 10. The molecule has 0 radical (unpaired) electrons. The third-order valence-electron chi connectivity index (χ3n) is 3.26. The molecule has 8 N–H and O–H groups in total. The molecule has 0 saturated heterocycles. The summed E-state index contributed by atoms with van der Waals surface area (Å²) in [5, 5.41) is 16.3. The Balaban J connectivity index is 5.05. The van der Waals surface area contributed by atoms with Crippen LogP contribution in [-0.4, -0.2) is 59.5 Å². The minimum Gasteiger partial charge on any atom is -0.394 e. The normalized spacial score (nSPS) is 13.5. The Morgan fingerprint density at radius 1 is 1.08 bits per heavy atom. The summed E-state index contributed by atoms with van der Waals surface area (Å²) in [5.41, 5.74) is 9.33. The lowest BCUT2D eigenvalue weighted by atomic mass is 10.0. The third kappa shape index (κ3) is 7.38. The van der Waals surface area contributed by atoms with Crippen molar-refractivity contribution in [3.63, 3.8) is 0 Å². The van der Waals surface area contributed by atoms with Crippen LogP contribution in [0, 0.1) is 0 Å². The number of primary amides is 1. The van der Waals surface area contributed by atoms with Crippen LogP contribution < -0.4 is 27.4 Å². The van der Waals surface area contributed by atoms with Gasteiger partial charge in [-0.15, -0.1) is 0 Å². The number of nitrogens with two attached hydrogens (primary N) is 2. The Kier molecular flexibility index (Phi) is 8.93. The van der Waals surface area contributed by atoms with Crippen molar-refractivity contribution >= 4 is 23.6 Å². The Morgan fingerprint density at radius 2 is 1.67 bits per heavy atom. The van der Waals surface area contributed by atoms with Gasteiger partial charge in [0, 0.05) is 6.92 Å². The summed E-state index contributed by atoms with van der Waals surface area (Å²) >= 11 is 0. The van der Waals surface area contributed by atoms with Gasteiger partial charge in [0.05, 0.1) is 6.61 Å². The van der Waals surface area contributed by atoms with E-state index >= 15 is 0 Å². The Morgan fingerprint density at radius 3 is 2.08 bits per heavy atom. The van der Waals surface area contributed by atoms with Gasteiger partial charge in [0.1, 0.15) is 17.6 Å². The maximum Gasteiger partial charge on any atom is 0.245 e. The molecule has 0 spiro atoms. The molecule has 24 heavy (non-hydrogen) atoms. The molecule has 0 aliphatic heterocycles. The van der Waals surface area contributed by atoms with Crippen LogP contribution in [0.1, 0.15) is 33.6 Å². The van der Waals surface area contributed by atoms with Gasteiger partial charge in [-0.25, -0.2) is 0 Å². The summed E-state index contributed by atoms with van der Waals surface area (Å²) in [6.07, 6.45) is 0.667. The highest BCUT2D eigenvalue weighted by Gasteiger charge is 2.32. The van der Waals surface area contributed by atoms with Gasteiger partial charge in [-0.05, 0) is 33.2 Å².